The molecule has 0 aliphatic rings. The van der Waals surface area contributed by atoms with E-state index in [-0.39, 0.29) is 5.91 Å². The first-order valence-electron chi connectivity index (χ1n) is 6.16. The predicted molar refractivity (Wildman–Crippen MR) is 69.4 cm³/mol. The van der Waals surface area contributed by atoms with Crippen LogP contribution in [0.4, 0.5) is 5.69 Å². The Morgan fingerprint density at radius 3 is 3.11 bits per heavy atom. The van der Waals surface area contributed by atoms with Crippen LogP contribution in [0.2, 0.25) is 0 Å². The van der Waals surface area contributed by atoms with Crippen molar-refractivity contribution in [2.24, 2.45) is 0 Å². The number of nitrogen functional groups attached to an aromatic ring is 1. The Morgan fingerprint density at radius 1 is 1.58 bits per heavy atom. The number of nitrogens with zero attached hydrogens (tertiary/aromatic N) is 4. The molecule has 0 aromatic carbocycles. The molecule has 0 aliphatic carbocycles. The van der Waals surface area contributed by atoms with Crippen molar-refractivity contribution in [1.82, 2.24) is 30.3 Å². The van der Waals surface area contributed by atoms with E-state index < -0.39 is 0 Å². The summed E-state index contributed by atoms with van der Waals surface area (Å²) in [4.78, 5) is 16.0. The minimum absolute atomic E-state index is 0.200. The second-order valence-corrected chi connectivity index (χ2v) is 4.06. The third kappa shape index (κ3) is 3.09. The normalized spacial score (nSPS) is 10.6. The number of aryl methyl sites for hydroxylation is 2. The van der Waals surface area contributed by atoms with Gasteiger partial charge in [0, 0.05) is 19.5 Å². The second kappa shape index (κ2) is 5.98. The molecular formula is C11H17N7O. The number of nitrogens with one attached hydrogen (secondary N) is 2. The fourth-order valence-corrected chi connectivity index (χ4v) is 1.78. The van der Waals surface area contributed by atoms with Gasteiger partial charge in [-0.25, -0.2) is 4.98 Å². The van der Waals surface area contributed by atoms with Crippen molar-refractivity contribution in [3.63, 3.8) is 0 Å². The molecule has 0 spiro atoms. The molecule has 2 heterocycles. The van der Waals surface area contributed by atoms with Gasteiger partial charge in [-0.1, -0.05) is 0 Å². The van der Waals surface area contributed by atoms with Crippen LogP contribution in [-0.4, -0.2) is 37.4 Å². The van der Waals surface area contributed by atoms with Crippen LogP contribution in [0.25, 0.3) is 0 Å². The van der Waals surface area contributed by atoms with Crippen LogP contribution in [0, 0.1) is 0 Å². The van der Waals surface area contributed by atoms with Crippen LogP contribution in [0.3, 0.4) is 0 Å². The number of aromatic amines is 1. The van der Waals surface area contributed by atoms with E-state index in [1.807, 2.05) is 6.92 Å². The summed E-state index contributed by atoms with van der Waals surface area (Å²) in [5.74, 6) is 0.613. The van der Waals surface area contributed by atoms with Gasteiger partial charge in [-0.15, -0.1) is 0 Å². The largest absolute Gasteiger partial charge is 0.396 e. The molecule has 0 saturated carbocycles. The predicted octanol–water partition coefficient (Wildman–Crippen LogP) is -0.0341. The fourth-order valence-electron chi connectivity index (χ4n) is 1.78. The molecule has 8 nitrogen and oxygen atoms in total. The lowest BCUT2D eigenvalue weighted by Crippen LogP contribution is -2.28. The third-order valence-electron chi connectivity index (χ3n) is 2.72. The quantitative estimate of drug-likeness (QED) is 0.633. The molecule has 2 aromatic rings. The van der Waals surface area contributed by atoms with Crippen molar-refractivity contribution in [1.29, 1.82) is 0 Å². The molecule has 1 amide bonds. The van der Waals surface area contributed by atoms with Gasteiger partial charge < -0.3 is 11.1 Å². The SMILES string of the molecule is CCn1ncc(N)c1C(=O)NCCCc1ncn[nH]1. The monoisotopic (exact) mass is 263 g/mol. The summed E-state index contributed by atoms with van der Waals surface area (Å²) >= 11 is 0. The average Bonchev–Trinajstić information content (AvgIpc) is 3.03. The lowest BCUT2D eigenvalue weighted by molar-refractivity contribution is 0.0943. The van der Waals surface area contributed by atoms with E-state index >= 15 is 0 Å². The number of H-pyrrole nitrogens is 1. The second-order valence-electron chi connectivity index (χ2n) is 4.06. The number of hydrogen-bond donors (Lipinski definition) is 3. The number of carbonyl (C=O) groups is 1. The molecule has 19 heavy (non-hydrogen) atoms. The van der Waals surface area contributed by atoms with Crippen LogP contribution in [-0.2, 0) is 13.0 Å². The molecule has 4 N–H and O–H groups in total. The van der Waals surface area contributed by atoms with Gasteiger partial charge in [0.05, 0.1) is 11.9 Å². The summed E-state index contributed by atoms with van der Waals surface area (Å²) in [6, 6.07) is 0. The summed E-state index contributed by atoms with van der Waals surface area (Å²) in [5, 5.41) is 13.4. The summed E-state index contributed by atoms with van der Waals surface area (Å²) in [5.41, 5.74) is 6.55. The summed E-state index contributed by atoms with van der Waals surface area (Å²) in [6.45, 7) is 3.07. The van der Waals surface area contributed by atoms with Crippen molar-refractivity contribution in [2.75, 3.05) is 12.3 Å². The van der Waals surface area contributed by atoms with Crippen molar-refractivity contribution >= 4 is 11.6 Å². The van der Waals surface area contributed by atoms with E-state index in [0.29, 0.717) is 24.5 Å². The highest BCUT2D eigenvalue weighted by molar-refractivity contribution is 5.97. The molecule has 8 heteroatoms. The zero-order valence-corrected chi connectivity index (χ0v) is 10.8. The lowest BCUT2D eigenvalue weighted by Gasteiger charge is -2.07. The minimum Gasteiger partial charge on any atom is -0.396 e. The minimum atomic E-state index is -0.200. The van der Waals surface area contributed by atoms with Gasteiger partial charge in [0.1, 0.15) is 17.8 Å². The maximum atomic E-state index is 12.0. The van der Waals surface area contributed by atoms with Gasteiger partial charge in [0.25, 0.3) is 5.91 Å². The molecule has 0 fully saturated rings. The van der Waals surface area contributed by atoms with Gasteiger partial charge in [0.2, 0.25) is 0 Å². The molecule has 0 unspecified atom stereocenters. The molecule has 2 aromatic heterocycles. The van der Waals surface area contributed by atoms with Gasteiger partial charge in [-0.05, 0) is 13.3 Å². The van der Waals surface area contributed by atoms with Crippen molar-refractivity contribution in [2.45, 2.75) is 26.3 Å². The molecule has 0 aliphatic heterocycles. The van der Waals surface area contributed by atoms with Crippen molar-refractivity contribution < 1.29 is 4.79 Å². The Morgan fingerprint density at radius 2 is 2.42 bits per heavy atom. The standard InChI is InChI=1S/C11H17N7O/c1-2-18-10(8(12)6-16-18)11(19)13-5-3-4-9-14-7-15-17-9/h6-7H,2-5,12H2,1H3,(H,13,19)(H,14,15,17). The zero-order chi connectivity index (χ0) is 13.7. The number of nitrogens with two attached hydrogens (primary N) is 1. The highest BCUT2D eigenvalue weighted by Gasteiger charge is 2.15. The molecular weight excluding hydrogens is 246 g/mol. The zero-order valence-electron chi connectivity index (χ0n) is 10.8. The molecule has 0 saturated heterocycles. The first-order valence-corrected chi connectivity index (χ1v) is 6.16. The highest BCUT2D eigenvalue weighted by Crippen LogP contribution is 2.10. The summed E-state index contributed by atoms with van der Waals surface area (Å²) < 4.78 is 1.58. The molecule has 0 bridgehead atoms. The average molecular weight is 263 g/mol. The fraction of sp³-hybridized carbons (Fsp3) is 0.455. The van der Waals surface area contributed by atoms with Gasteiger partial charge in [0.15, 0.2) is 0 Å². The van der Waals surface area contributed by atoms with E-state index in [4.69, 9.17) is 5.73 Å². The molecule has 0 atom stereocenters. The van der Waals surface area contributed by atoms with Crippen molar-refractivity contribution in [3.8, 4) is 0 Å². The molecule has 2 rings (SSSR count). The van der Waals surface area contributed by atoms with Crippen molar-refractivity contribution in [3.05, 3.63) is 24.0 Å². The lowest BCUT2D eigenvalue weighted by atomic mass is 10.3. The molecule has 102 valence electrons. The van der Waals surface area contributed by atoms with Gasteiger partial charge in [-0.3, -0.25) is 14.6 Å². The van der Waals surface area contributed by atoms with Crippen LogP contribution in [0.1, 0.15) is 29.7 Å². The number of rotatable bonds is 6. The molecule has 0 radical (unpaired) electrons. The summed E-state index contributed by atoms with van der Waals surface area (Å²) in [6.07, 6.45) is 4.48. The Labute approximate surface area is 110 Å². The Kier molecular flexibility index (Phi) is 4.11. The first-order chi connectivity index (χ1) is 9.22. The van der Waals surface area contributed by atoms with E-state index in [2.05, 4.69) is 25.6 Å². The van der Waals surface area contributed by atoms with Crippen LogP contribution in [0.15, 0.2) is 12.5 Å². The van der Waals surface area contributed by atoms with Crippen LogP contribution < -0.4 is 11.1 Å². The maximum Gasteiger partial charge on any atom is 0.271 e. The number of aromatic nitrogens is 5. The van der Waals surface area contributed by atoms with Gasteiger partial charge >= 0.3 is 0 Å². The Hall–Kier alpha value is -2.38. The third-order valence-corrected chi connectivity index (χ3v) is 2.72. The topological polar surface area (TPSA) is 115 Å². The maximum absolute atomic E-state index is 12.0. The number of anilines is 1. The van der Waals surface area contributed by atoms with Crippen LogP contribution in [0.5, 0.6) is 0 Å². The van der Waals surface area contributed by atoms with Crippen LogP contribution >= 0.6 is 0 Å². The highest BCUT2D eigenvalue weighted by atomic mass is 16.2. The van der Waals surface area contributed by atoms with E-state index in [0.717, 1.165) is 18.7 Å². The first kappa shape index (κ1) is 13.1. The Bertz CT molecular complexity index is 531. The Balaban J connectivity index is 1.82. The summed E-state index contributed by atoms with van der Waals surface area (Å²) in [7, 11) is 0. The van der Waals surface area contributed by atoms with E-state index in [1.165, 1.54) is 12.5 Å². The van der Waals surface area contributed by atoms with Gasteiger partial charge in [-0.2, -0.15) is 10.2 Å². The number of hydrogen-bond acceptors (Lipinski definition) is 5. The van der Waals surface area contributed by atoms with E-state index in [1.54, 1.807) is 4.68 Å². The number of amides is 1. The van der Waals surface area contributed by atoms with E-state index in [9.17, 15) is 4.79 Å². The smallest absolute Gasteiger partial charge is 0.271 e. The number of carbonyl (C=O) groups excluding carboxylic acids is 1.